The number of aliphatic hydroxyl groups is 2. The van der Waals surface area contributed by atoms with Crippen molar-refractivity contribution in [2.75, 3.05) is 34.4 Å². The smallest absolute Gasteiger partial charge is 0.251 e. The van der Waals surface area contributed by atoms with E-state index in [0.29, 0.717) is 47.6 Å². The van der Waals surface area contributed by atoms with E-state index in [1.165, 1.54) is 14.2 Å². The van der Waals surface area contributed by atoms with Gasteiger partial charge >= 0.3 is 0 Å². The van der Waals surface area contributed by atoms with Gasteiger partial charge in [0.05, 0.1) is 32.8 Å². The number of carbonyl (C=O) groups is 2. The molecule has 10 heteroatoms. The second-order valence-corrected chi connectivity index (χ2v) is 12.0. The molecule has 2 amide bonds. The number of benzene rings is 4. The van der Waals surface area contributed by atoms with Crippen molar-refractivity contribution in [1.82, 2.24) is 10.6 Å². The highest BCUT2D eigenvalue weighted by Crippen LogP contribution is 2.68. The molecular weight excluding hydrogens is 612 g/mol. The van der Waals surface area contributed by atoms with Crippen molar-refractivity contribution in [2.45, 2.75) is 36.1 Å². The van der Waals surface area contributed by atoms with Crippen LogP contribution >= 0.6 is 0 Å². The Hall–Kier alpha value is -5.06. The molecule has 48 heavy (non-hydrogen) atoms. The summed E-state index contributed by atoms with van der Waals surface area (Å²) in [5, 5.41) is 31.3. The van der Waals surface area contributed by atoms with Crippen molar-refractivity contribution >= 4 is 11.8 Å². The number of ether oxygens (including phenoxy) is 4. The number of methoxy groups -OCH3 is 3. The van der Waals surface area contributed by atoms with Crippen molar-refractivity contribution in [3.63, 3.8) is 0 Å². The molecule has 0 saturated heterocycles. The number of aliphatic hydroxyl groups excluding tert-OH is 1. The predicted octanol–water partition coefficient (Wildman–Crippen LogP) is 4.29. The van der Waals surface area contributed by atoms with Gasteiger partial charge in [0.25, 0.3) is 5.91 Å². The molecule has 0 aromatic heterocycles. The van der Waals surface area contributed by atoms with E-state index < -0.39 is 35.0 Å². The fourth-order valence-electron chi connectivity index (χ4n) is 7.25. The van der Waals surface area contributed by atoms with E-state index in [1.807, 2.05) is 48.5 Å². The highest BCUT2D eigenvalue weighted by atomic mass is 16.5. The van der Waals surface area contributed by atoms with Crippen LogP contribution in [0.5, 0.6) is 23.0 Å². The number of rotatable bonds is 12. The molecule has 4 aromatic carbocycles. The van der Waals surface area contributed by atoms with Crippen molar-refractivity contribution in [1.29, 1.82) is 0 Å². The van der Waals surface area contributed by atoms with Crippen molar-refractivity contribution in [3.8, 4) is 23.0 Å². The van der Waals surface area contributed by atoms with Crippen LogP contribution < -0.4 is 29.6 Å². The van der Waals surface area contributed by atoms with E-state index in [2.05, 4.69) is 10.6 Å². The maximum atomic E-state index is 14.5. The van der Waals surface area contributed by atoms with Gasteiger partial charge in [-0.05, 0) is 48.2 Å². The highest BCUT2D eigenvalue weighted by Gasteiger charge is 2.76. The lowest BCUT2D eigenvalue weighted by Gasteiger charge is -2.45. The minimum Gasteiger partial charge on any atom is -0.497 e. The van der Waals surface area contributed by atoms with E-state index in [0.717, 1.165) is 0 Å². The van der Waals surface area contributed by atoms with E-state index in [4.69, 9.17) is 18.9 Å². The molecule has 0 unspecified atom stereocenters. The second-order valence-electron chi connectivity index (χ2n) is 12.0. The molecule has 1 heterocycles. The van der Waals surface area contributed by atoms with Crippen LogP contribution in [0.2, 0.25) is 0 Å². The van der Waals surface area contributed by atoms with Gasteiger partial charge in [-0.1, -0.05) is 60.7 Å². The maximum absolute atomic E-state index is 14.5. The lowest BCUT2D eigenvalue weighted by Crippen LogP contribution is -2.55. The van der Waals surface area contributed by atoms with Crippen LogP contribution in [0.3, 0.4) is 0 Å². The van der Waals surface area contributed by atoms with Crippen LogP contribution in [0.1, 0.15) is 45.8 Å². The summed E-state index contributed by atoms with van der Waals surface area (Å²) in [5.41, 5.74) is -1.73. The summed E-state index contributed by atoms with van der Waals surface area (Å²) in [5.74, 6) is -1.19. The first-order chi connectivity index (χ1) is 23.3. The molecule has 10 nitrogen and oxygen atoms in total. The Labute approximate surface area is 279 Å². The molecule has 1 fully saturated rings. The minimum absolute atomic E-state index is 0.159. The topological polar surface area (TPSA) is 136 Å². The molecule has 1 aliphatic heterocycles. The van der Waals surface area contributed by atoms with Gasteiger partial charge in [-0.3, -0.25) is 9.59 Å². The SMILES string of the molecule is COc1ccc([C@@]23Oc4cc(OC)cc(OC)c4[C@@](O)([C@H]2O)[C@@H](C(=O)NCCCCNC(=O)c2ccccc2)[C@H]3c2ccccc2)cc1. The zero-order valence-electron chi connectivity index (χ0n) is 27.1. The molecule has 0 radical (unpaired) electrons. The zero-order valence-corrected chi connectivity index (χ0v) is 27.1. The average Bonchev–Trinajstić information content (AvgIpc) is 3.25. The molecular formula is C38H40N2O8. The van der Waals surface area contributed by atoms with Gasteiger partial charge in [0, 0.05) is 36.7 Å². The molecule has 1 saturated carbocycles. The normalized spacial score (nSPS) is 23.7. The van der Waals surface area contributed by atoms with Gasteiger partial charge in [-0.2, -0.15) is 0 Å². The molecule has 4 N–H and O–H groups in total. The third kappa shape index (κ3) is 5.50. The quantitative estimate of drug-likeness (QED) is 0.167. The Balaban J connectivity index is 1.36. The maximum Gasteiger partial charge on any atom is 0.251 e. The second kappa shape index (κ2) is 13.6. The number of hydrogen-bond donors (Lipinski definition) is 4. The Morgan fingerprint density at radius 3 is 2.04 bits per heavy atom. The third-order valence-corrected chi connectivity index (χ3v) is 9.47. The molecule has 5 atom stereocenters. The van der Waals surface area contributed by atoms with Crippen LogP contribution in [0.15, 0.2) is 97.1 Å². The molecule has 0 spiro atoms. The van der Waals surface area contributed by atoms with Gasteiger partial charge in [-0.15, -0.1) is 0 Å². The van der Waals surface area contributed by atoms with Gasteiger partial charge in [-0.25, -0.2) is 0 Å². The summed E-state index contributed by atoms with van der Waals surface area (Å²) in [6.07, 6.45) is -0.405. The van der Waals surface area contributed by atoms with Gasteiger partial charge in [0.2, 0.25) is 5.91 Å². The average molecular weight is 653 g/mol. The van der Waals surface area contributed by atoms with Crippen LogP contribution in [0.4, 0.5) is 0 Å². The van der Waals surface area contributed by atoms with E-state index in [9.17, 15) is 19.8 Å². The fourth-order valence-corrected chi connectivity index (χ4v) is 7.25. The first-order valence-electron chi connectivity index (χ1n) is 16.0. The molecule has 6 rings (SSSR count). The highest BCUT2D eigenvalue weighted by molar-refractivity contribution is 5.94. The summed E-state index contributed by atoms with van der Waals surface area (Å²) >= 11 is 0. The largest absolute Gasteiger partial charge is 0.497 e. The van der Waals surface area contributed by atoms with Crippen LogP contribution in [-0.2, 0) is 16.0 Å². The van der Waals surface area contributed by atoms with Crippen LogP contribution in [0, 0.1) is 5.92 Å². The van der Waals surface area contributed by atoms with Crippen molar-refractivity contribution < 1.29 is 38.7 Å². The lowest BCUT2D eigenvalue weighted by molar-refractivity contribution is -0.162. The Kier molecular flexibility index (Phi) is 9.30. The third-order valence-electron chi connectivity index (χ3n) is 9.47. The first-order valence-corrected chi connectivity index (χ1v) is 16.0. The summed E-state index contributed by atoms with van der Waals surface area (Å²) in [4.78, 5) is 26.9. The van der Waals surface area contributed by atoms with E-state index in [1.54, 1.807) is 55.6 Å². The minimum atomic E-state index is -2.14. The van der Waals surface area contributed by atoms with Gasteiger partial charge in [0.1, 0.15) is 34.7 Å². The number of nitrogens with one attached hydrogen (secondary N) is 2. The summed E-state index contributed by atoms with van der Waals surface area (Å²) in [6, 6.07) is 28.6. The predicted molar refractivity (Wildman–Crippen MR) is 178 cm³/mol. The standard InChI is InChI=1S/C38H40N2O8/c1-45-27-18-16-26(17-19-27)38-31(24-12-6-4-7-13-24)33(35(42)40-21-11-10-20-39-34(41)25-14-8-5-9-15-25)37(44,36(38)43)32-29(47-3)22-28(46-2)23-30(32)48-38/h4-9,12-19,22-23,31,33,36,43-44H,10-11,20-21H2,1-3H3,(H,39,41)(H,40,42)/t31-,33-,36-,37+,38+/m1/s1. The number of amides is 2. The molecule has 250 valence electrons. The Morgan fingerprint density at radius 1 is 0.792 bits per heavy atom. The van der Waals surface area contributed by atoms with E-state index in [-0.39, 0.29) is 29.5 Å². The van der Waals surface area contributed by atoms with Crippen LogP contribution in [0.25, 0.3) is 0 Å². The van der Waals surface area contributed by atoms with Gasteiger partial charge < -0.3 is 39.8 Å². The van der Waals surface area contributed by atoms with Crippen molar-refractivity contribution in [3.05, 3.63) is 119 Å². The monoisotopic (exact) mass is 652 g/mol. The lowest BCUT2D eigenvalue weighted by atomic mass is 9.75. The molecule has 4 aromatic rings. The Bertz CT molecular complexity index is 1750. The molecule has 1 aliphatic carbocycles. The number of fused-ring (bicyclic) bond motifs is 4. The molecule has 2 aliphatic rings. The number of hydrogen-bond acceptors (Lipinski definition) is 8. The Morgan fingerprint density at radius 2 is 1.42 bits per heavy atom. The first kappa shape index (κ1) is 32.9. The van der Waals surface area contributed by atoms with E-state index >= 15 is 0 Å². The van der Waals surface area contributed by atoms with Crippen LogP contribution in [-0.4, -0.2) is 62.6 Å². The fraction of sp³-hybridized carbons (Fsp3) is 0.316. The van der Waals surface area contributed by atoms with Gasteiger partial charge in [0.15, 0.2) is 5.60 Å². The summed E-state index contributed by atoms with van der Waals surface area (Å²) < 4.78 is 23.5. The van der Waals surface area contributed by atoms with Crippen molar-refractivity contribution in [2.24, 2.45) is 5.92 Å². The number of carbonyl (C=O) groups excluding carboxylic acids is 2. The summed E-state index contributed by atoms with van der Waals surface area (Å²) in [6.45, 7) is 0.719. The molecule has 2 bridgehead atoms. The zero-order chi connectivity index (χ0) is 33.9. The summed E-state index contributed by atoms with van der Waals surface area (Å²) in [7, 11) is 4.52. The number of unbranched alkanes of at least 4 members (excludes halogenated alkanes) is 1.